The zero-order valence-corrected chi connectivity index (χ0v) is 16.5. The van der Waals surface area contributed by atoms with Crippen molar-refractivity contribution in [1.82, 2.24) is 5.32 Å². The minimum atomic E-state index is -0.163. The maximum atomic E-state index is 12.6. The Labute approximate surface area is 164 Å². The monoisotopic (exact) mass is 389 g/mol. The summed E-state index contributed by atoms with van der Waals surface area (Å²) < 4.78 is 5.56. The second-order valence-electron chi connectivity index (χ2n) is 6.69. The van der Waals surface area contributed by atoms with Crippen LogP contribution in [-0.2, 0) is 14.9 Å². The quantitative estimate of drug-likeness (QED) is 0.728. The lowest BCUT2D eigenvalue weighted by atomic mass is 9.74. The second kappa shape index (κ2) is 8.94. The molecule has 0 saturated carbocycles. The first kappa shape index (κ1) is 19.3. The summed E-state index contributed by atoms with van der Waals surface area (Å²) in [7, 11) is 0. The Balaban J connectivity index is 1.63. The highest BCUT2D eigenvalue weighted by Gasteiger charge is 2.35. The van der Waals surface area contributed by atoms with Crippen molar-refractivity contribution >= 4 is 29.3 Å². The van der Waals surface area contributed by atoms with Crippen LogP contribution < -0.4 is 5.32 Å². The van der Waals surface area contributed by atoms with E-state index in [0.717, 1.165) is 31.0 Å². The average Bonchev–Trinajstić information content (AvgIpc) is 2.69. The Kier molecular flexibility index (Phi) is 6.63. The van der Waals surface area contributed by atoms with Crippen LogP contribution >= 0.6 is 23.4 Å². The summed E-state index contributed by atoms with van der Waals surface area (Å²) >= 11 is 7.47. The second-order valence-corrected chi connectivity index (χ2v) is 8.54. The van der Waals surface area contributed by atoms with Crippen molar-refractivity contribution in [3.8, 4) is 0 Å². The molecular formula is C21H24ClNO2S. The number of hydrogen-bond donors (Lipinski definition) is 1. The Bertz CT molecular complexity index is 715. The first-order valence-electron chi connectivity index (χ1n) is 8.92. The Morgan fingerprint density at radius 3 is 2.46 bits per heavy atom. The maximum Gasteiger partial charge on any atom is 0.233 e. The van der Waals surface area contributed by atoms with Gasteiger partial charge in [-0.2, -0.15) is 0 Å². The van der Waals surface area contributed by atoms with Gasteiger partial charge >= 0.3 is 0 Å². The molecule has 0 unspecified atom stereocenters. The van der Waals surface area contributed by atoms with E-state index < -0.39 is 0 Å². The van der Waals surface area contributed by atoms with Crippen molar-refractivity contribution in [3.63, 3.8) is 0 Å². The molecule has 3 nitrogen and oxygen atoms in total. The van der Waals surface area contributed by atoms with E-state index in [1.807, 2.05) is 37.3 Å². The van der Waals surface area contributed by atoms with Crippen LogP contribution in [-0.4, -0.2) is 30.9 Å². The summed E-state index contributed by atoms with van der Waals surface area (Å²) in [5.41, 5.74) is 1.24. The lowest BCUT2D eigenvalue weighted by Gasteiger charge is -2.38. The van der Waals surface area contributed by atoms with Crippen molar-refractivity contribution in [2.75, 3.05) is 19.8 Å². The van der Waals surface area contributed by atoms with E-state index in [0.29, 0.717) is 11.6 Å². The molecule has 3 rings (SSSR count). The van der Waals surface area contributed by atoms with Crippen molar-refractivity contribution in [2.45, 2.75) is 35.3 Å². The Morgan fingerprint density at radius 2 is 1.81 bits per heavy atom. The molecule has 1 atom stereocenters. The van der Waals surface area contributed by atoms with Gasteiger partial charge < -0.3 is 10.1 Å². The van der Waals surface area contributed by atoms with E-state index in [4.69, 9.17) is 16.3 Å². The number of ether oxygens (including phenoxy) is 1. The van der Waals surface area contributed by atoms with Gasteiger partial charge in [-0.15, -0.1) is 11.8 Å². The van der Waals surface area contributed by atoms with Gasteiger partial charge in [-0.1, -0.05) is 41.9 Å². The summed E-state index contributed by atoms with van der Waals surface area (Å²) in [6.07, 6.45) is 1.85. The molecule has 1 saturated heterocycles. The summed E-state index contributed by atoms with van der Waals surface area (Å²) in [6.45, 7) is 4.05. The van der Waals surface area contributed by atoms with Gasteiger partial charge in [-0.3, -0.25) is 4.79 Å². The highest BCUT2D eigenvalue weighted by Crippen LogP contribution is 2.34. The van der Waals surface area contributed by atoms with Crippen LogP contribution in [0.15, 0.2) is 59.5 Å². The van der Waals surface area contributed by atoms with E-state index in [-0.39, 0.29) is 16.6 Å². The first-order chi connectivity index (χ1) is 12.6. The lowest BCUT2D eigenvalue weighted by molar-refractivity contribution is -0.120. The van der Waals surface area contributed by atoms with Crippen molar-refractivity contribution in [1.29, 1.82) is 0 Å². The molecule has 2 aromatic rings. The van der Waals surface area contributed by atoms with Crippen LogP contribution in [0.25, 0.3) is 0 Å². The predicted molar refractivity (Wildman–Crippen MR) is 108 cm³/mol. The fourth-order valence-corrected chi connectivity index (χ4v) is 4.31. The van der Waals surface area contributed by atoms with Gasteiger partial charge in [0.15, 0.2) is 0 Å². The number of halogens is 1. The topological polar surface area (TPSA) is 38.3 Å². The van der Waals surface area contributed by atoms with Crippen LogP contribution in [0, 0.1) is 0 Å². The molecule has 0 bridgehead atoms. The molecule has 5 heteroatoms. The normalized spacial score (nSPS) is 17.5. The Morgan fingerprint density at radius 1 is 1.15 bits per heavy atom. The molecule has 1 aliphatic heterocycles. The molecular weight excluding hydrogens is 366 g/mol. The molecule has 1 fully saturated rings. The molecule has 1 N–H and O–H groups in total. The number of thioether (sulfide) groups is 1. The standard InChI is InChI=1S/C21H24ClNO2S/c1-16(26-19-9-7-18(22)8-10-19)20(24)23-15-21(11-13-25-14-12-21)17-5-3-2-4-6-17/h2-10,16H,11-15H2,1H3,(H,23,24)/t16-/m0/s1. The average molecular weight is 390 g/mol. The van der Waals surface area contributed by atoms with Gasteiger partial charge in [0.25, 0.3) is 0 Å². The molecule has 0 spiro atoms. The molecule has 0 radical (unpaired) electrons. The van der Waals surface area contributed by atoms with Crippen molar-refractivity contribution in [2.24, 2.45) is 0 Å². The molecule has 26 heavy (non-hydrogen) atoms. The largest absolute Gasteiger partial charge is 0.381 e. The summed E-state index contributed by atoms with van der Waals surface area (Å²) in [4.78, 5) is 13.7. The smallest absolute Gasteiger partial charge is 0.233 e. The third-order valence-electron chi connectivity index (χ3n) is 4.93. The zero-order chi connectivity index (χ0) is 18.4. The van der Waals surface area contributed by atoms with Gasteiger partial charge in [0, 0.05) is 35.1 Å². The third kappa shape index (κ3) is 4.81. The number of carbonyl (C=O) groups excluding carboxylic acids is 1. The molecule has 2 aromatic carbocycles. The van der Waals surface area contributed by atoms with Gasteiger partial charge in [0.2, 0.25) is 5.91 Å². The van der Waals surface area contributed by atoms with E-state index in [9.17, 15) is 4.79 Å². The van der Waals surface area contributed by atoms with Gasteiger partial charge in [-0.25, -0.2) is 0 Å². The van der Waals surface area contributed by atoms with Gasteiger partial charge in [0.05, 0.1) is 5.25 Å². The number of rotatable bonds is 6. The maximum absolute atomic E-state index is 12.6. The number of carbonyl (C=O) groups is 1. The number of hydrogen-bond acceptors (Lipinski definition) is 3. The summed E-state index contributed by atoms with van der Waals surface area (Å²) in [5, 5.41) is 3.72. The SMILES string of the molecule is C[C@H](Sc1ccc(Cl)cc1)C(=O)NCC1(c2ccccc2)CCOCC1. The van der Waals surface area contributed by atoms with E-state index in [1.54, 1.807) is 11.8 Å². The Hall–Kier alpha value is -1.49. The van der Waals surface area contributed by atoms with E-state index >= 15 is 0 Å². The van der Waals surface area contributed by atoms with E-state index in [2.05, 4.69) is 29.6 Å². The van der Waals surface area contributed by atoms with Crippen LogP contribution in [0.1, 0.15) is 25.3 Å². The summed E-state index contributed by atoms with van der Waals surface area (Å²) in [6, 6.07) is 18.1. The third-order valence-corrected chi connectivity index (χ3v) is 6.30. The fourth-order valence-electron chi connectivity index (χ4n) is 3.29. The lowest BCUT2D eigenvalue weighted by Crippen LogP contribution is -2.46. The predicted octanol–water partition coefficient (Wildman–Crippen LogP) is 4.69. The van der Waals surface area contributed by atoms with Gasteiger partial charge in [-0.05, 0) is 49.6 Å². The highest BCUT2D eigenvalue weighted by atomic mass is 35.5. The van der Waals surface area contributed by atoms with Crippen LogP contribution in [0.4, 0.5) is 0 Å². The number of nitrogens with one attached hydrogen (secondary N) is 1. The van der Waals surface area contributed by atoms with Crippen LogP contribution in [0.2, 0.25) is 5.02 Å². The van der Waals surface area contributed by atoms with Crippen molar-refractivity contribution in [3.05, 3.63) is 65.2 Å². The summed E-state index contributed by atoms with van der Waals surface area (Å²) in [5.74, 6) is 0.0618. The zero-order valence-electron chi connectivity index (χ0n) is 14.9. The molecule has 0 aliphatic carbocycles. The van der Waals surface area contributed by atoms with E-state index in [1.165, 1.54) is 5.56 Å². The number of benzene rings is 2. The van der Waals surface area contributed by atoms with Crippen LogP contribution in [0.5, 0.6) is 0 Å². The molecule has 1 amide bonds. The highest BCUT2D eigenvalue weighted by molar-refractivity contribution is 8.00. The van der Waals surface area contributed by atoms with Gasteiger partial charge in [0.1, 0.15) is 0 Å². The molecule has 1 heterocycles. The van der Waals surface area contributed by atoms with Crippen molar-refractivity contribution < 1.29 is 9.53 Å². The molecule has 1 aliphatic rings. The number of amides is 1. The van der Waals surface area contributed by atoms with Crippen LogP contribution in [0.3, 0.4) is 0 Å². The molecule has 138 valence electrons. The fraction of sp³-hybridized carbons (Fsp3) is 0.381. The minimum Gasteiger partial charge on any atom is -0.381 e. The minimum absolute atomic E-state index is 0.0418. The first-order valence-corrected chi connectivity index (χ1v) is 10.2. The molecule has 0 aromatic heterocycles.